The van der Waals surface area contributed by atoms with E-state index in [0.29, 0.717) is 43.2 Å². The van der Waals surface area contributed by atoms with Crippen LogP contribution in [0.1, 0.15) is 119 Å². The number of ether oxygens (including phenoxy) is 2. The summed E-state index contributed by atoms with van der Waals surface area (Å²) in [5.74, 6) is -2.72. The summed E-state index contributed by atoms with van der Waals surface area (Å²) in [6, 6.07) is 17.8. The summed E-state index contributed by atoms with van der Waals surface area (Å²) < 4.78 is 80.1. The lowest BCUT2D eigenvalue weighted by Gasteiger charge is -2.27. The molecule has 0 spiro atoms. The van der Waals surface area contributed by atoms with Gasteiger partial charge in [-0.05, 0) is 153 Å². The molecule has 15 nitrogen and oxygen atoms in total. The van der Waals surface area contributed by atoms with E-state index in [1.165, 1.54) is 17.0 Å². The van der Waals surface area contributed by atoms with Crippen molar-refractivity contribution in [3.05, 3.63) is 125 Å². The average molecular weight is 1060 g/mol. The highest BCUT2D eigenvalue weighted by atomic mass is 19.2. The van der Waals surface area contributed by atoms with Gasteiger partial charge in [0.15, 0.2) is 23.3 Å². The van der Waals surface area contributed by atoms with Crippen molar-refractivity contribution in [3.8, 4) is 22.3 Å². The number of aryl methyl sites for hydroxylation is 4. The third-order valence-corrected chi connectivity index (χ3v) is 15.3. The Morgan fingerprint density at radius 3 is 1.86 bits per heavy atom. The summed E-state index contributed by atoms with van der Waals surface area (Å²) in [7, 11) is 0. The van der Waals surface area contributed by atoms with Crippen molar-refractivity contribution >= 4 is 51.5 Å². The molecule has 77 heavy (non-hydrogen) atoms. The van der Waals surface area contributed by atoms with Gasteiger partial charge in [-0.15, -0.1) is 0 Å². The molecule has 0 unspecified atom stereocenters. The number of fused-ring (bicyclic) bond motifs is 1. The van der Waals surface area contributed by atoms with E-state index in [-0.39, 0.29) is 54.6 Å². The molecule has 0 radical (unpaired) electrons. The Balaban J connectivity index is 0.000000175. The van der Waals surface area contributed by atoms with E-state index in [2.05, 4.69) is 37.6 Å². The zero-order chi connectivity index (χ0) is 54.2. The molecule has 3 aromatic heterocycles. The maximum Gasteiger partial charge on any atom is 0.247 e. The van der Waals surface area contributed by atoms with Crippen LogP contribution in [0.4, 0.5) is 40.3 Å². The van der Waals surface area contributed by atoms with Gasteiger partial charge < -0.3 is 38.6 Å². The molecule has 4 aromatic carbocycles. The van der Waals surface area contributed by atoms with Crippen molar-refractivity contribution in [2.75, 3.05) is 33.6 Å². The molecule has 0 bridgehead atoms. The first kappa shape index (κ1) is 53.0. The number of nitrogens with zero attached hydrogens (tertiary/aromatic N) is 6. The van der Waals surface area contributed by atoms with Crippen LogP contribution >= 0.6 is 0 Å². The first-order valence-electron chi connectivity index (χ1n) is 26.5. The van der Waals surface area contributed by atoms with Crippen molar-refractivity contribution in [2.45, 2.75) is 142 Å². The first-order chi connectivity index (χ1) is 37.1. The normalized spacial score (nSPS) is 21.4. The molecule has 3 amide bonds. The maximum absolute atomic E-state index is 14.2. The quantitative estimate of drug-likeness (QED) is 0.0994. The number of hydrogen-bond donors (Lipinski definition) is 2. The first-order valence-corrected chi connectivity index (χ1v) is 26.5. The topological polar surface area (TPSA) is 170 Å². The molecule has 7 aromatic rings. The van der Waals surface area contributed by atoms with Crippen molar-refractivity contribution in [3.63, 3.8) is 0 Å². The molecule has 4 aliphatic rings. The molecule has 11 rings (SSSR count). The molecule has 2 saturated carbocycles. The number of benzene rings is 4. The van der Waals surface area contributed by atoms with Crippen molar-refractivity contribution in [1.82, 2.24) is 19.9 Å². The minimum atomic E-state index is -1.08. The smallest absolute Gasteiger partial charge is 0.247 e. The van der Waals surface area contributed by atoms with Crippen LogP contribution in [-0.2, 0) is 23.9 Å². The maximum atomic E-state index is 14.2. The number of carbonyl (C=O) groups excluding carboxylic acids is 3. The van der Waals surface area contributed by atoms with Gasteiger partial charge in [0.25, 0.3) is 0 Å². The molecular weight excluding hydrogens is 997 g/mol. The van der Waals surface area contributed by atoms with Gasteiger partial charge in [-0.25, -0.2) is 22.5 Å². The van der Waals surface area contributed by atoms with Gasteiger partial charge >= 0.3 is 0 Å². The number of hydrogen-bond acceptors (Lipinski definition) is 11. The summed E-state index contributed by atoms with van der Waals surface area (Å²) in [6.07, 6.45) is 7.08. The third kappa shape index (κ3) is 10.7. The predicted molar refractivity (Wildman–Crippen MR) is 282 cm³/mol. The van der Waals surface area contributed by atoms with Crippen LogP contribution in [0.25, 0.3) is 33.3 Å². The number of rotatable bonds is 14. The summed E-state index contributed by atoms with van der Waals surface area (Å²) >= 11 is 0. The molecule has 2 aliphatic heterocycles. The predicted octanol–water partition coefficient (Wildman–Crippen LogP) is 12.3. The molecule has 6 atom stereocenters. The summed E-state index contributed by atoms with van der Waals surface area (Å²) in [5.41, 5.74) is 8.66. The Kier molecular flexibility index (Phi) is 15.4. The number of imidazole rings is 1. The Hall–Kier alpha value is -7.38. The van der Waals surface area contributed by atoms with E-state index in [1.54, 1.807) is 4.90 Å². The van der Waals surface area contributed by atoms with Gasteiger partial charge in [-0.2, -0.15) is 0 Å². The highest BCUT2D eigenvalue weighted by Crippen LogP contribution is 2.44. The molecule has 404 valence electrons. The van der Waals surface area contributed by atoms with Crippen LogP contribution in [0.2, 0.25) is 0 Å². The van der Waals surface area contributed by atoms with Crippen molar-refractivity contribution < 1.29 is 50.5 Å². The number of carbonyl (C=O) groups is 3. The Morgan fingerprint density at radius 2 is 1.23 bits per heavy atom. The lowest BCUT2D eigenvalue weighted by atomic mass is 10.0. The number of amides is 3. The second-order valence-corrected chi connectivity index (χ2v) is 20.3. The molecular formula is C58H62F4N8O7. The molecule has 4 fully saturated rings. The Morgan fingerprint density at radius 1 is 0.649 bits per heavy atom. The highest BCUT2D eigenvalue weighted by Gasteiger charge is 2.41. The number of nitrogens with one attached hydrogen (secondary N) is 2. The largest absolute Gasteiger partial charge is 0.381 e. The lowest BCUT2D eigenvalue weighted by molar-refractivity contribution is -0.120. The lowest BCUT2D eigenvalue weighted by Crippen LogP contribution is -2.42. The van der Waals surface area contributed by atoms with E-state index in [4.69, 9.17) is 23.5 Å². The minimum absolute atomic E-state index is 0.127. The van der Waals surface area contributed by atoms with E-state index in [0.717, 1.165) is 125 Å². The van der Waals surface area contributed by atoms with E-state index >= 15 is 0 Å². The van der Waals surface area contributed by atoms with Crippen molar-refractivity contribution in [2.24, 2.45) is 0 Å². The average Bonchev–Trinajstić information content (AvgIpc) is 4.39. The fraction of sp³-hybridized carbons (Fsp3) is 0.414. The Labute approximate surface area is 443 Å². The van der Waals surface area contributed by atoms with Crippen LogP contribution < -0.4 is 20.4 Å². The van der Waals surface area contributed by atoms with Crippen LogP contribution in [-0.4, -0.2) is 75.1 Å². The second-order valence-electron chi connectivity index (χ2n) is 20.3. The third-order valence-electron chi connectivity index (χ3n) is 15.3. The van der Waals surface area contributed by atoms with E-state index < -0.39 is 41.3 Å². The Bertz CT molecular complexity index is 3320. The van der Waals surface area contributed by atoms with Crippen molar-refractivity contribution in [1.29, 1.82) is 0 Å². The van der Waals surface area contributed by atoms with Gasteiger partial charge in [0, 0.05) is 72.8 Å². The summed E-state index contributed by atoms with van der Waals surface area (Å²) in [6.45, 7) is 12.8. The SMILES string of the molecule is CCO[C@@H]1CC[C@@H](Nc2ccc(-c3c(C)noc3C)cc2NC(=O)[C@@H]2CCC(=O)N2c2ccc(F)c(F)c2)C1.CCO[C@@H]1CC[C@@H](n2c([C@@H]3CCC(=O)N3c3ccc(F)c(F)c3)nc3cc(-c4c(C)noc4C)ccc32)C1. The van der Waals surface area contributed by atoms with Gasteiger partial charge in [0.2, 0.25) is 17.7 Å². The number of aromatic nitrogens is 4. The summed E-state index contributed by atoms with van der Waals surface area (Å²) in [4.78, 5) is 47.3. The zero-order valence-electron chi connectivity index (χ0n) is 43.9. The summed E-state index contributed by atoms with van der Waals surface area (Å²) in [5, 5.41) is 14.7. The number of halogens is 4. The van der Waals surface area contributed by atoms with Gasteiger partial charge in [0.05, 0.1) is 52.0 Å². The van der Waals surface area contributed by atoms with E-state index in [1.807, 2.05) is 65.8 Å². The van der Waals surface area contributed by atoms with Gasteiger partial charge in [0.1, 0.15) is 23.4 Å². The fourth-order valence-corrected chi connectivity index (χ4v) is 11.8. The van der Waals surface area contributed by atoms with Gasteiger partial charge in [-0.3, -0.25) is 19.3 Å². The molecule has 2 saturated heterocycles. The highest BCUT2D eigenvalue weighted by molar-refractivity contribution is 6.08. The second kappa shape index (κ2) is 22.3. The van der Waals surface area contributed by atoms with Crippen LogP contribution in [0.3, 0.4) is 0 Å². The molecule has 19 heteroatoms. The van der Waals surface area contributed by atoms with Crippen LogP contribution in [0.5, 0.6) is 0 Å². The fourth-order valence-electron chi connectivity index (χ4n) is 11.8. The van der Waals surface area contributed by atoms with Crippen LogP contribution in [0, 0.1) is 51.0 Å². The number of anilines is 4. The van der Waals surface area contributed by atoms with E-state index in [9.17, 15) is 31.9 Å². The zero-order valence-corrected chi connectivity index (χ0v) is 43.9. The molecule has 2 aliphatic carbocycles. The molecule has 5 heterocycles. The minimum Gasteiger partial charge on any atom is -0.381 e. The standard InChI is InChI=1S/C29H32F2N4O4.C29H30F2N4O3/c1-4-38-21-8-6-19(14-21)32-24-10-5-18(28-16(2)34-39-17(28)3)13-25(24)33-29(37)26-11-12-27(36)35(26)20-7-9-22(30)23(31)15-20;1-4-37-21-8-6-19(14-21)35-25-10-5-18(28-16(2)33-38-17(28)3)13-24(25)32-29(35)26-11-12-27(36)34(26)20-7-9-22(30)23(31)15-20/h5,7,9-10,13,15,19,21,26,32H,4,6,8,11-12,14H2,1-3H3,(H,33,37);5,7,9-10,13,15,19,21,26H,4,6,8,11-12,14H2,1-3H3/t2*19-,21-,26+/m11/s1. The van der Waals surface area contributed by atoms with Crippen LogP contribution in [0.15, 0.2) is 81.8 Å². The van der Waals surface area contributed by atoms with Gasteiger partial charge in [-0.1, -0.05) is 22.4 Å². The molecule has 2 N–H and O–H groups in total. The monoisotopic (exact) mass is 1060 g/mol.